The molecule has 2 heterocycles. The highest BCUT2D eigenvalue weighted by Gasteiger charge is 2.09. The van der Waals surface area contributed by atoms with E-state index in [-0.39, 0.29) is 5.95 Å². The first-order valence-corrected chi connectivity index (χ1v) is 6.25. The van der Waals surface area contributed by atoms with Crippen molar-refractivity contribution in [2.45, 2.75) is 20.4 Å². The number of nitrogens with zero attached hydrogens (tertiary/aromatic N) is 4. The summed E-state index contributed by atoms with van der Waals surface area (Å²) in [5.74, 6) is 2.05. The maximum Gasteiger partial charge on any atom is 0.231 e. The molecule has 0 radical (unpaired) electrons. The molecule has 7 heteroatoms. The molecular weight excluding hydrogens is 244 g/mol. The van der Waals surface area contributed by atoms with Crippen LogP contribution in [0.3, 0.4) is 0 Å². The minimum atomic E-state index is 0.207. The summed E-state index contributed by atoms with van der Waals surface area (Å²) in [6.45, 7) is 6.22. The summed E-state index contributed by atoms with van der Waals surface area (Å²) in [7, 11) is 0. The van der Waals surface area contributed by atoms with Gasteiger partial charge in [-0.25, -0.2) is 0 Å². The molecule has 0 unspecified atom stereocenters. The highest BCUT2D eigenvalue weighted by Crippen LogP contribution is 2.12. The van der Waals surface area contributed by atoms with E-state index in [2.05, 4.69) is 20.3 Å². The molecule has 0 fully saturated rings. The van der Waals surface area contributed by atoms with Gasteiger partial charge in [-0.05, 0) is 26.0 Å². The first kappa shape index (κ1) is 13.1. The number of nitrogens with one attached hydrogen (secondary N) is 1. The van der Waals surface area contributed by atoms with Crippen molar-refractivity contribution in [3.8, 4) is 0 Å². The Morgan fingerprint density at radius 1 is 1.26 bits per heavy atom. The maximum absolute atomic E-state index is 5.70. The van der Waals surface area contributed by atoms with Gasteiger partial charge in [-0.2, -0.15) is 15.0 Å². The Hall–Kier alpha value is -2.31. The van der Waals surface area contributed by atoms with Crippen LogP contribution >= 0.6 is 0 Å². The van der Waals surface area contributed by atoms with Crippen molar-refractivity contribution >= 4 is 17.8 Å². The highest BCUT2D eigenvalue weighted by molar-refractivity contribution is 5.41. The van der Waals surface area contributed by atoms with Crippen molar-refractivity contribution in [1.82, 2.24) is 15.0 Å². The van der Waals surface area contributed by atoms with E-state index in [9.17, 15) is 0 Å². The summed E-state index contributed by atoms with van der Waals surface area (Å²) in [4.78, 5) is 14.6. The average Bonchev–Trinajstić information content (AvgIpc) is 2.90. The van der Waals surface area contributed by atoms with E-state index < -0.39 is 0 Å². The van der Waals surface area contributed by atoms with Crippen LogP contribution in [0.25, 0.3) is 0 Å². The number of anilines is 3. The second kappa shape index (κ2) is 6.03. The molecule has 0 spiro atoms. The van der Waals surface area contributed by atoms with Crippen molar-refractivity contribution in [1.29, 1.82) is 0 Å². The van der Waals surface area contributed by atoms with Gasteiger partial charge in [0.2, 0.25) is 17.8 Å². The Morgan fingerprint density at radius 2 is 2.05 bits per heavy atom. The lowest BCUT2D eigenvalue weighted by atomic mass is 10.4. The zero-order chi connectivity index (χ0) is 13.7. The summed E-state index contributed by atoms with van der Waals surface area (Å²) >= 11 is 0. The van der Waals surface area contributed by atoms with Crippen LogP contribution in [0.4, 0.5) is 17.8 Å². The van der Waals surface area contributed by atoms with E-state index >= 15 is 0 Å². The van der Waals surface area contributed by atoms with Gasteiger partial charge in [0, 0.05) is 13.1 Å². The van der Waals surface area contributed by atoms with Gasteiger partial charge in [0.15, 0.2) is 0 Å². The van der Waals surface area contributed by atoms with Crippen molar-refractivity contribution in [3.63, 3.8) is 0 Å². The molecule has 0 saturated heterocycles. The number of nitrogens with two attached hydrogens (primary N) is 1. The molecule has 7 nitrogen and oxygen atoms in total. The normalized spacial score (nSPS) is 10.4. The monoisotopic (exact) mass is 262 g/mol. The summed E-state index contributed by atoms with van der Waals surface area (Å²) in [6, 6.07) is 3.71. The van der Waals surface area contributed by atoms with Gasteiger partial charge < -0.3 is 20.4 Å². The van der Waals surface area contributed by atoms with Crippen molar-refractivity contribution in [2.24, 2.45) is 0 Å². The zero-order valence-electron chi connectivity index (χ0n) is 11.1. The van der Waals surface area contributed by atoms with Gasteiger partial charge in [0.05, 0.1) is 12.8 Å². The summed E-state index contributed by atoms with van der Waals surface area (Å²) in [6.07, 6.45) is 1.63. The van der Waals surface area contributed by atoms with Crippen molar-refractivity contribution < 1.29 is 4.42 Å². The molecule has 0 atom stereocenters. The number of hydrogen-bond acceptors (Lipinski definition) is 7. The average molecular weight is 262 g/mol. The molecule has 2 aromatic rings. The smallest absolute Gasteiger partial charge is 0.231 e. The predicted octanol–water partition coefficient (Wildman–Crippen LogP) is 1.51. The Labute approximate surface area is 111 Å². The third-order valence-electron chi connectivity index (χ3n) is 2.69. The molecule has 2 aromatic heterocycles. The Balaban J connectivity index is 2.12. The lowest BCUT2D eigenvalue weighted by molar-refractivity contribution is 0.517. The van der Waals surface area contributed by atoms with Crippen LogP contribution in [0.2, 0.25) is 0 Å². The van der Waals surface area contributed by atoms with E-state index in [0.717, 1.165) is 18.8 Å². The topological polar surface area (TPSA) is 93.1 Å². The quantitative estimate of drug-likeness (QED) is 0.814. The van der Waals surface area contributed by atoms with Crippen LogP contribution in [-0.2, 0) is 6.54 Å². The Morgan fingerprint density at radius 3 is 2.68 bits per heavy atom. The second-order valence-electron chi connectivity index (χ2n) is 3.92. The molecule has 0 bridgehead atoms. The maximum atomic E-state index is 5.70. The molecule has 102 valence electrons. The van der Waals surface area contributed by atoms with Gasteiger partial charge in [-0.3, -0.25) is 0 Å². The fourth-order valence-electron chi connectivity index (χ4n) is 1.69. The minimum absolute atomic E-state index is 0.207. The fraction of sp³-hybridized carbons (Fsp3) is 0.417. The van der Waals surface area contributed by atoms with Crippen LogP contribution < -0.4 is 16.0 Å². The lowest BCUT2D eigenvalue weighted by Gasteiger charge is -2.18. The molecule has 0 aromatic carbocycles. The minimum Gasteiger partial charge on any atom is -0.467 e. The van der Waals surface area contributed by atoms with E-state index in [0.29, 0.717) is 18.4 Å². The molecule has 2 rings (SSSR count). The standard InChI is InChI=1S/C12H18N6O/c1-3-18(4-2)12-16-10(13)15-11(17-12)14-8-9-6-5-7-19-9/h5-7H,3-4,8H2,1-2H3,(H3,13,14,15,16,17). The molecule has 0 saturated carbocycles. The molecular formula is C12H18N6O. The van der Waals surface area contributed by atoms with Crippen LogP contribution in [0.5, 0.6) is 0 Å². The number of rotatable bonds is 6. The van der Waals surface area contributed by atoms with Gasteiger partial charge in [0.1, 0.15) is 5.76 Å². The zero-order valence-corrected chi connectivity index (χ0v) is 11.1. The number of furan rings is 1. The molecule has 19 heavy (non-hydrogen) atoms. The fourth-order valence-corrected chi connectivity index (χ4v) is 1.69. The van der Waals surface area contributed by atoms with E-state index in [1.807, 2.05) is 30.9 Å². The van der Waals surface area contributed by atoms with Crippen LogP contribution in [0.1, 0.15) is 19.6 Å². The van der Waals surface area contributed by atoms with Crippen molar-refractivity contribution in [3.05, 3.63) is 24.2 Å². The lowest BCUT2D eigenvalue weighted by Crippen LogP contribution is -2.25. The third kappa shape index (κ3) is 3.34. The first-order valence-electron chi connectivity index (χ1n) is 6.25. The number of hydrogen-bond donors (Lipinski definition) is 2. The van der Waals surface area contributed by atoms with Crippen molar-refractivity contribution in [2.75, 3.05) is 29.0 Å². The van der Waals surface area contributed by atoms with E-state index in [4.69, 9.17) is 10.2 Å². The highest BCUT2D eigenvalue weighted by atomic mass is 16.3. The molecule has 0 aliphatic heterocycles. The Bertz CT molecular complexity index is 509. The summed E-state index contributed by atoms with van der Waals surface area (Å²) in [5.41, 5.74) is 5.70. The van der Waals surface area contributed by atoms with Gasteiger partial charge in [0.25, 0.3) is 0 Å². The molecule has 0 aliphatic rings. The summed E-state index contributed by atoms with van der Waals surface area (Å²) < 4.78 is 5.23. The van der Waals surface area contributed by atoms with Gasteiger partial charge >= 0.3 is 0 Å². The second-order valence-corrected chi connectivity index (χ2v) is 3.92. The number of aromatic nitrogens is 3. The molecule has 3 N–H and O–H groups in total. The van der Waals surface area contributed by atoms with Crippen LogP contribution in [0.15, 0.2) is 22.8 Å². The van der Waals surface area contributed by atoms with Crippen LogP contribution in [-0.4, -0.2) is 28.0 Å². The first-order chi connectivity index (χ1) is 9.22. The molecule has 0 amide bonds. The molecule has 0 aliphatic carbocycles. The van der Waals surface area contributed by atoms with Gasteiger partial charge in [-0.15, -0.1) is 0 Å². The number of nitrogen functional groups attached to an aromatic ring is 1. The SMILES string of the molecule is CCN(CC)c1nc(N)nc(NCc2ccco2)n1. The Kier molecular flexibility index (Phi) is 4.17. The summed E-state index contributed by atoms with van der Waals surface area (Å²) in [5, 5.41) is 3.07. The van der Waals surface area contributed by atoms with E-state index in [1.54, 1.807) is 6.26 Å². The van der Waals surface area contributed by atoms with E-state index in [1.165, 1.54) is 0 Å². The van der Waals surface area contributed by atoms with Gasteiger partial charge in [-0.1, -0.05) is 0 Å². The third-order valence-corrected chi connectivity index (χ3v) is 2.69. The largest absolute Gasteiger partial charge is 0.467 e. The predicted molar refractivity (Wildman–Crippen MR) is 73.8 cm³/mol. The van der Waals surface area contributed by atoms with Crippen LogP contribution in [0, 0.1) is 0 Å².